The van der Waals surface area contributed by atoms with Crippen LogP contribution in [0.15, 0.2) is 16.2 Å². The first-order valence-corrected chi connectivity index (χ1v) is 7.23. The molecule has 0 aromatic carbocycles. The third kappa shape index (κ3) is 2.82. The molecule has 4 nitrogen and oxygen atoms in total. The second-order valence-electron chi connectivity index (χ2n) is 4.52. The molecule has 1 N–H and O–H groups in total. The first kappa shape index (κ1) is 14.1. The van der Waals surface area contributed by atoms with E-state index in [9.17, 15) is 9.59 Å². The molecule has 0 saturated heterocycles. The summed E-state index contributed by atoms with van der Waals surface area (Å²) >= 11 is 7.00. The summed E-state index contributed by atoms with van der Waals surface area (Å²) in [5.41, 5.74) is 3.35. The maximum atomic E-state index is 12.0. The number of aryl methyl sites for hydroxylation is 1. The van der Waals surface area contributed by atoms with E-state index in [2.05, 4.69) is 4.98 Å². The largest absolute Gasteiger partial charge is 0.343 e. The minimum absolute atomic E-state index is 0.0665. The Morgan fingerprint density at radius 1 is 1.53 bits per heavy atom. The lowest BCUT2D eigenvalue weighted by Gasteiger charge is -2.08. The maximum Gasteiger partial charge on any atom is 0.304 e. The first-order chi connectivity index (χ1) is 8.90. The van der Waals surface area contributed by atoms with Crippen molar-refractivity contribution in [2.24, 2.45) is 0 Å². The average molecular weight is 299 g/mol. The highest BCUT2D eigenvalue weighted by Crippen LogP contribution is 2.19. The topological polar surface area (TPSA) is 54.9 Å². The van der Waals surface area contributed by atoms with E-state index in [1.807, 2.05) is 24.5 Å². The van der Waals surface area contributed by atoms with Crippen LogP contribution in [0.4, 0.5) is 0 Å². The number of Topliss-reactive ketones (excluding diaryl/α,β-unsaturated/α-hetero) is 1. The number of hydrogen-bond donors (Lipinski definition) is 1. The van der Waals surface area contributed by atoms with Gasteiger partial charge in [-0.3, -0.25) is 9.59 Å². The Kier molecular flexibility index (Phi) is 3.96. The molecule has 1 atom stereocenters. The molecule has 2 heterocycles. The Hall–Kier alpha value is -1.33. The lowest BCUT2D eigenvalue weighted by molar-refractivity contribution is 0.0991. The highest BCUT2D eigenvalue weighted by Gasteiger charge is 2.19. The Labute approximate surface area is 120 Å². The van der Waals surface area contributed by atoms with E-state index in [0.29, 0.717) is 12.1 Å². The van der Waals surface area contributed by atoms with Crippen LogP contribution in [-0.2, 0) is 6.54 Å². The van der Waals surface area contributed by atoms with Gasteiger partial charge in [0.25, 0.3) is 0 Å². The summed E-state index contributed by atoms with van der Waals surface area (Å²) < 4.78 is 2.00. The Bertz CT molecular complexity index is 666. The van der Waals surface area contributed by atoms with Gasteiger partial charge in [0.05, 0.1) is 11.9 Å². The molecule has 0 aliphatic carbocycles. The molecule has 0 fully saturated rings. The summed E-state index contributed by atoms with van der Waals surface area (Å²) in [4.78, 5) is 25.8. The second kappa shape index (κ2) is 5.35. The predicted molar refractivity (Wildman–Crippen MR) is 77.6 cm³/mol. The van der Waals surface area contributed by atoms with Gasteiger partial charge in [-0.15, -0.1) is 11.6 Å². The van der Waals surface area contributed by atoms with E-state index < -0.39 is 5.38 Å². The van der Waals surface area contributed by atoms with Crippen molar-refractivity contribution in [3.05, 3.63) is 43.8 Å². The number of nitrogens with one attached hydrogen (secondary N) is 1. The zero-order valence-corrected chi connectivity index (χ0v) is 12.6. The fourth-order valence-electron chi connectivity index (χ4n) is 2.07. The molecule has 2 rings (SSSR count). The third-order valence-corrected chi connectivity index (χ3v) is 4.02. The fraction of sp³-hybridized carbons (Fsp3) is 0.385. The number of aromatic nitrogens is 2. The molecule has 0 amide bonds. The van der Waals surface area contributed by atoms with Crippen LogP contribution in [0.1, 0.15) is 34.4 Å². The van der Waals surface area contributed by atoms with E-state index in [1.54, 1.807) is 12.3 Å². The normalized spacial score (nSPS) is 12.6. The van der Waals surface area contributed by atoms with Crippen molar-refractivity contribution in [1.29, 1.82) is 0 Å². The van der Waals surface area contributed by atoms with Crippen molar-refractivity contribution in [2.75, 3.05) is 0 Å². The van der Waals surface area contributed by atoms with Crippen LogP contribution in [0.5, 0.6) is 0 Å². The lowest BCUT2D eigenvalue weighted by Crippen LogP contribution is -2.12. The van der Waals surface area contributed by atoms with Crippen molar-refractivity contribution >= 4 is 28.7 Å². The van der Waals surface area contributed by atoms with Crippen molar-refractivity contribution in [1.82, 2.24) is 9.55 Å². The smallest absolute Gasteiger partial charge is 0.304 e. The summed E-state index contributed by atoms with van der Waals surface area (Å²) in [6.45, 7) is 6.06. The monoisotopic (exact) mass is 298 g/mol. The molecular formula is C13H15ClN2O2S. The molecule has 2 aromatic heterocycles. The van der Waals surface area contributed by atoms with E-state index in [-0.39, 0.29) is 10.7 Å². The molecule has 19 heavy (non-hydrogen) atoms. The maximum absolute atomic E-state index is 12.0. The average Bonchev–Trinajstić information content (AvgIpc) is 2.87. The summed E-state index contributed by atoms with van der Waals surface area (Å²) in [5, 5.41) is 1.27. The Balaban J connectivity index is 2.37. The molecule has 2 aromatic rings. The number of carbonyl (C=O) groups is 1. The van der Waals surface area contributed by atoms with Crippen LogP contribution >= 0.6 is 22.9 Å². The standard InChI is InChI=1S/C13H15ClN2O2S/c1-7-4-11(12(17)8(2)14)9(3)16(7)5-10-6-19-13(18)15-10/h4,6,8H,5H2,1-3H3,(H,15,18). The quantitative estimate of drug-likeness (QED) is 0.697. The van der Waals surface area contributed by atoms with Gasteiger partial charge in [0, 0.05) is 28.0 Å². The summed E-state index contributed by atoms with van der Waals surface area (Å²) in [7, 11) is 0. The molecule has 0 spiro atoms. The van der Waals surface area contributed by atoms with Crippen molar-refractivity contribution in [3.63, 3.8) is 0 Å². The number of aromatic amines is 1. The van der Waals surface area contributed by atoms with Crippen LogP contribution in [0.2, 0.25) is 0 Å². The first-order valence-electron chi connectivity index (χ1n) is 5.92. The number of thiazole rings is 1. The van der Waals surface area contributed by atoms with Crippen molar-refractivity contribution < 1.29 is 4.79 Å². The van der Waals surface area contributed by atoms with Gasteiger partial charge in [0.15, 0.2) is 5.78 Å². The van der Waals surface area contributed by atoms with Gasteiger partial charge in [-0.25, -0.2) is 0 Å². The van der Waals surface area contributed by atoms with Gasteiger partial charge in [-0.2, -0.15) is 0 Å². The number of carbonyl (C=O) groups excluding carboxylic acids is 1. The van der Waals surface area contributed by atoms with Gasteiger partial charge >= 0.3 is 4.87 Å². The van der Waals surface area contributed by atoms with Crippen LogP contribution in [0.25, 0.3) is 0 Å². The molecular weight excluding hydrogens is 284 g/mol. The number of ketones is 1. The Morgan fingerprint density at radius 2 is 2.21 bits per heavy atom. The number of rotatable bonds is 4. The van der Waals surface area contributed by atoms with Crippen molar-refractivity contribution in [3.8, 4) is 0 Å². The molecule has 0 saturated carbocycles. The van der Waals surface area contributed by atoms with E-state index in [1.165, 1.54) is 0 Å². The zero-order chi connectivity index (χ0) is 14.2. The molecule has 0 aliphatic rings. The van der Waals surface area contributed by atoms with Gasteiger partial charge < -0.3 is 9.55 Å². The van der Waals surface area contributed by atoms with Gasteiger partial charge in [-0.1, -0.05) is 11.3 Å². The molecule has 0 bridgehead atoms. The second-order valence-corrected chi connectivity index (χ2v) is 6.02. The lowest BCUT2D eigenvalue weighted by atomic mass is 10.1. The number of H-pyrrole nitrogens is 1. The van der Waals surface area contributed by atoms with Crippen LogP contribution < -0.4 is 4.87 Å². The molecule has 0 radical (unpaired) electrons. The fourth-order valence-corrected chi connectivity index (χ4v) is 2.76. The van der Waals surface area contributed by atoms with Crippen LogP contribution in [-0.4, -0.2) is 20.7 Å². The van der Waals surface area contributed by atoms with Crippen molar-refractivity contribution in [2.45, 2.75) is 32.7 Å². The summed E-state index contributed by atoms with van der Waals surface area (Å²) in [6, 6.07) is 1.85. The zero-order valence-electron chi connectivity index (χ0n) is 11.0. The molecule has 102 valence electrons. The van der Waals surface area contributed by atoms with Gasteiger partial charge in [0.2, 0.25) is 0 Å². The number of alkyl halides is 1. The van der Waals surface area contributed by atoms with Crippen LogP contribution in [0.3, 0.4) is 0 Å². The van der Waals surface area contributed by atoms with Gasteiger partial charge in [-0.05, 0) is 26.8 Å². The number of halogens is 1. The highest BCUT2D eigenvalue weighted by atomic mass is 35.5. The van der Waals surface area contributed by atoms with Crippen LogP contribution in [0, 0.1) is 13.8 Å². The minimum atomic E-state index is -0.532. The number of nitrogens with zero attached hydrogens (tertiary/aromatic N) is 1. The summed E-state index contributed by atoms with van der Waals surface area (Å²) in [6.07, 6.45) is 0. The minimum Gasteiger partial charge on any atom is -0.343 e. The molecule has 0 aliphatic heterocycles. The molecule has 6 heteroatoms. The van der Waals surface area contributed by atoms with E-state index in [4.69, 9.17) is 11.6 Å². The van der Waals surface area contributed by atoms with Gasteiger partial charge in [0.1, 0.15) is 0 Å². The molecule has 1 unspecified atom stereocenters. The predicted octanol–water partition coefficient (Wildman–Crippen LogP) is 2.71. The SMILES string of the molecule is Cc1cc(C(=O)C(C)Cl)c(C)n1Cc1csc(=O)[nH]1. The summed E-state index contributed by atoms with van der Waals surface area (Å²) in [5.74, 6) is -0.0696. The third-order valence-electron chi connectivity index (χ3n) is 3.10. The Morgan fingerprint density at radius 3 is 2.74 bits per heavy atom. The van der Waals surface area contributed by atoms with E-state index >= 15 is 0 Å². The van der Waals surface area contributed by atoms with E-state index in [0.717, 1.165) is 28.4 Å². The number of hydrogen-bond acceptors (Lipinski definition) is 3. The highest BCUT2D eigenvalue weighted by molar-refractivity contribution is 7.07.